The number of likely N-dealkylation sites (N-methyl/N-ethyl adjacent to an activating group) is 1. The predicted octanol–water partition coefficient (Wildman–Crippen LogP) is -1.82. The van der Waals surface area contributed by atoms with Gasteiger partial charge in [-0.15, -0.1) is 0 Å². The van der Waals surface area contributed by atoms with Gasteiger partial charge in [-0.1, -0.05) is 0 Å². The van der Waals surface area contributed by atoms with Crippen LogP contribution >= 0.6 is 0 Å². The lowest BCUT2D eigenvalue weighted by atomic mass is 10.3. The van der Waals surface area contributed by atoms with Crippen LogP contribution in [-0.4, -0.2) is 98.0 Å². The summed E-state index contributed by atoms with van der Waals surface area (Å²) in [5.74, 6) is -3.29. The number of nitrogens with two attached hydrogens (primary N) is 1. The number of carbonyl (C=O) groups is 4. The lowest BCUT2D eigenvalue weighted by molar-refractivity contribution is -0.141. The summed E-state index contributed by atoms with van der Waals surface area (Å²) >= 11 is 0. The fourth-order valence-corrected chi connectivity index (χ4v) is 3.20. The van der Waals surface area contributed by atoms with E-state index in [1.807, 2.05) is 0 Å². The Morgan fingerprint density at radius 3 is 1.75 bits per heavy atom. The number of anilines is 1. The van der Waals surface area contributed by atoms with Crippen molar-refractivity contribution >= 4 is 39.5 Å². The summed E-state index contributed by atoms with van der Waals surface area (Å²) in [6.45, 7) is 0.706. The standard InChI is InChI=1S/C18H27N5O8S/c1-2-20-15(24)9-22(11-17(26)27)7-8-23(12-18(28)29)10-16(25)21-13-3-5-14(6-4-13)32(19,30)31/h3-6H,2,7-12H2,1H3,(H,20,24)(H,21,25)(H,26,27)(H,28,29)(H2,19,30,31). The number of carbonyl (C=O) groups excluding carboxylic acids is 2. The molecule has 1 rings (SSSR count). The maximum Gasteiger partial charge on any atom is 0.317 e. The number of carboxylic acids is 2. The van der Waals surface area contributed by atoms with Gasteiger partial charge < -0.3 is 20.8 Å². The first-order valence-corrected chi connectivity index (χ1v) is 11.0. The van der Waals surface area contributed by atoms with Crippen LogP contribution in [0.1, 0.15) is 6.92 Å². The Labute approximate surface area is 185 Å². The zero-order valence-corrected chi connectivity index (χ0v) is 18.3. The topological polar surface area (TPSA) is 199 Å². The smallest absolute Gasteiger partial charge is 0.317 e. The number of rotatable bonds is 14. The van der Waals surface area contributed by atoms with E-state index in [1.54, 1.807) is 6.92 Å². The SMILES string of the molecule is CCNC(=O)CN(CCN(CC(=O)O)CC(=O)Nc1ccc(S(N)(=O)=O)cc1)CC(=O)O. The lowest BCUT2D eigenvalue weighted by Crippen LogP contribution is -2.45. The molecule has 0 saturated heterocycles. The zero-order chi connectivity index (χ0) is 24.3. The Morgan fingerprint density at radius 1 is 0.875 bits per heavy atom. The molecule has 0 aromatic heterocycles. The van der Waals surface area contributed by atoms with Gasteiger partial charge in [0, 0.05) is 25.3 Å². The maximum absolute atomic E-state index is 12.3. The van der Waals surface area contributed by atoms with E-state index < -0.39 is 41.0 Å². The number of hydrogen-bond acceptors (Lipinski definition) is 8. The Kier molecular flexibility index (Phi) is 10.7. The van der Waals surface area contributed by atoms with E-state index in [1.165, 1.54) is 34.1 Å². The number of hydrogen-bond donors (Lipinski definition) is 5. The van der Waals surface area contributed by atoms with E-state index >= 15 is 0 Å². The normalized spacial score (nSPS) is 11.4. The van der Waals surface area contributed by atoms with Crippen LogP contribution in [-0.2, 0) is 29.2 Å². The molecule has 13 nitrogen and oxygen atoms in total. The lowest BCUT2D eigenvalue weighted by Gasteiger charge is -2.25. The molecule has 0 heterocycles. The summed E-state index contributed by atoms with van der Waals surface area (Å²) in [5, 5.41) is 28.2. The number of sulfonamides is 1. The minimum Gasteiger partial charge on any atom is -0.480 e. The van der Waals surface area contributed by atoms with Crippen molar-refractivity contribution in [1.29, 1.82) is 0 Å². The van der Waals surface area contributed by atoms with E-state index in [2.05, 4.69) is 10.6 Å². The second-order valence-electron chi connectivity index (χ2n) is 6.78. The van der Waals surface area contributed by atoms with Gasteiger partial charge in [-0.3, -0.25) is 29.0 Å². The van der Waals surface area contributed by atoms with Gasteiger partial charge in [0.1, 0.15) is 0 Å². The largest absolute Gasteiger partial charge is 0.480 e. The van der Waals surface area contributed by atoms with Crippen LogP contribution < -0.4 is 15.8 Å². The van der Waals surface area contributed by atoms with Crippen molar-refractivity contribution in [3.05, 3.63) is 24.3 Å². The molecule has 0 fully saturated rings. The van der Waals surface area contributed by atoms with Crippen LogP contribution in [0.2, 0.25) is 0 Å². The zero-order valence-electron chi connectivity index (χ0n) is 17.5. The molecule has 32 heavy (non-hydrogen) atoms. The Balaban J connectivity index is 2.75. The highest BCUT2D eigenvalue weighted by Crippen LogP contribution is 2.12. The van der Waals surface area contributed by atoms with E-state index in [4.69, 9.17) is 15.4 Å². The highest BCUT2D eigenvalue weighted by molar-refractivity contribution is 7.89. The summed E-state index contributed by atoms with van der Waals surface area (Å²) in [6, 6.07) is 5.09. The number of amides is 2. The predicted molar refractivity (Wildman–Crippen MR) is 113 cm³/mol. The average molecular weight is 474 g/mol. The van der Waals surface area contributed by atoms with Crippen molar-refractivity contribution in [3.8, 4) is 0 Å². The molecule has 14 heteroatoms. The minimum atomic E-state index is -3.88. The monoisotopic (exact) mass is 473 g/mol. The summed E-state index contributed by atoms with van der Waals surface area (Å²) in [6.07, 6.45) is 0. The molecule has 0 unspecified atom stereocenters. The number of nitrogens with zero attached hydrogens (tertiary/aromatic N) is 2. The van der Waals surface area contributed by atoms with Crippen LogP contribution in [0.25, 0.3) is 0 Å². The van der Waals surface area contributed by atoms with Crippen molar-refractivity contribution in [2.75, 3.05) is 51.1 Å². The molecular weight excluding hydrogens is 446 g/mol. The van der Waals surface area contributed by atoms with Gasteiger partial charge in [-0.05, 0) is 31.2 Å². The second kappa shape index (κ2) is 12.7. The molecule has 178 valence electrons. The number of primary sulfonamides is 1. The van der Waals surface area contributed by atoms with E-state index in [0.29, 0.717) is 6.54 Å². The van der Waals surface area contributed by atoms with Gasteiger partial charge in [0.15, 0.2) is 0 Å². The molecule has 0 radical (unpaired) electrons. The van der Waals surface area contributed by atoms with Crippen molar-refractivity contribution in [3.63, 3.8) is 0 Å². The highest BCUT2D eigenvalue weighted by Gasteiger charge is 2.19. The molecule has 0 aliphatic carbocycles. The summed E-state index contributed by atoms with van der Waals surface area (Å²) in [7, 11) is -3.88. The van der Waals surface area contributed by atoms with E-state index in [0.717, 1.165) is 0 Å². The third kappa shape index (κ3) is 10.8. The molecule has 0 atom stereocenters. The fourth-order valence-electron chi connectivity index (χ4n) is 2.68. The van der Waals surface area contributed by atoms with Gasteiger partial charge >= 0.3 is 11.9 Å². The number of nitrogens with one attached hydrogen (secondary N) is 2. The quantitative estimate of drug-likeness (QED) is 0.205. The molecule has 0 aliphatic rings. The third-order valence-electron chi connectivity index (χ3n) is 4.03. The van der Waals surface area contributed by atoms with Crippen molar-refractivity contribution in [1.82, 2.24) is 15.1 Å². The average Bonchev–Trinajstić information content (AvgIpc) is 2.64. The van der Waals surface area contributed by atoms with E-state index in [9.17, 15) is 27.6 Å². The van der Waals surface area contributed by atoms with Gasteiger partial charge in [0.25, 0.3) is 0 Å². The van der Waals surface area contributed by atoms with E-state index in [-0.39, 0.29) is 42.7 Å². The number of carboxylic acid groups (broad SMARTS) is 2. The van der Waals surface area contributed by atoms with Crippen LogP contribution in [0.4, 0.5) is 5.69 Å². The van der Waals surface area contributed by atoms with Crippen molar-refractivity contribution < 1.29 is 37.8 Å². The molecule has 0 bridgehead atoms. The molecular formula is C18H27N5O8S. The van der Waals surface area contributed by atoms with Crippen LogP contribution in [0.3, 0.4) is 0 Å². The van der Waals surface area contributed by atoms with Gasteiger partial charge in [0.2, 0.25) is 21.8 Å². The van der Waals surface area contributed by atoms with Crippen LogP contribution in [0.5, 0.6) is 0 Å². The molecule has 6 N–H and O–H groups in total. The number of benzene rings is 1. The molecule has 0 saturated carbocycles. The molecule has 0 aliphatic heterocycles. The highest BCUT2D eigenvalue weighted by atomic mass is 32.2. The summed E-state index contributed by atoms with van der Waals surface area (Å²) < 4.78 is 22.5. The Morgan fingerprint density at radius 2 is 1.34 bits per heavy atom. The van der Waals surface area contributed by atoms with Crippen LogP contribution in [0, 0.1) is 0 Å². The molecule has 2 amide bonds. The number of aliphatic carboxylic acids is 2. The molecule has 1 aromatic carbocycles. The summed E-state index contributed by atoms with van der Waals surface area (Å²) in [5.41, 5.74) is 0.279. The third-order valence-corrected chi connectivity index (χ3v) is 4.95. The first-order chi connectivity index (χ1) is 14.9. The molecule has 1 aromatic rings. The maximum atomic E-state index is 12.3. The summed E-state index contributed by atoms with van der Waals surface area (Å²) in [4.78, 5) is 48.7. The van der Waals surface area contributed by atoms with Crippen molar-refractivity contribution in [2.24, 2.45) is 5.14 Å². The Hall–Kier alpha value is -3.07. The van der Waals surface area contributed by atoms with Gasteiger partial charge in [-0.25, -0.2) is 13.6 Å². The van der Waals surface area contributed by atoms with Gasteiger partial charge in [-0.2, -0.15) is 0 Å². The molecule has 0 spiro atoms. The minimum absolute atomic E-state index is 0.0107. The fraction of sp³-hybridized carbons (Fsp3) is 0.444. The van der Waals surface area contributed by atoms with Crippen LogP contribution in [0.15, 0.2) is 29.2 Å². The second-order valence-corrected chi connectivity index (χ2v) is 8.34. The van der Waals surface area contributed by atoms with Gasteiger partial charge in [0.05, 0.1) is 31.1 Å². The first kappa shape index (κ1) is 27.0. The first-order valence-electron chi connectivity index (χ1n) is 9.48. The van der Waals surface area contributed by atoms with Crippen molar-refractivity contribution in [2.45, 2.75) is 11.8 Å². The Bertz CT molecular complexity index is 920.